The quantitative estimate of drug-likeness (QED) is 0.862. The normalized spacial score (nSPS) is 12.6. The number of aryl methyl sites for hydroxylation is 2. The maximum absolute atomic E-state index is 4.23. The van der Waals surface area contributed by atoms with Crippen molar-refractivity contribution in [2.75, 3.05) is 6.54 Å². The van der Waals surface area contributed by atoms with Crippen molar-refractivity contribution in [3.8, 4) is 0 Å². The van der Waals surface area contributed by atoms with E-state index in [1.54, 1.807) is 0 Å². The van der Waals surface area contributed by atoms with Crippen molar-refractivity contribution in [1.29, 1.82) is 0 Å². The molecular formula is C16H23N3. The Labute approximate surface area is 115 Å². The summed E-state index contributed by atoms with van der Waals surface area (Å²) in [6, 6.07) is 9.06. The molecule has 0 amide bonds. The molecule has 0 aliphatic heterocycles. The zero-order chi connectivity index (χ0) is 13.7. The van der Waals surface area contributed by atoms with E-state index < -0.39 is 0 Å². The van der Waals surface area contributed by atoms with Gasteiger partial charge in [0.05, 0.1) is 18.1 Å². The summed E-state index contributed by atoms with van der Waals surface area (Å²) < 4.78 is 2.10. The molecule has 0 spiro atoms. The van der Waals surface area contributed by atoms with Gasteiger partial charge in [-0.2, -0.15) is 0 Å². The fourth-order valence-electron chi connectivity index (χ4n) is 2.38. The third-order valence-electron chi connectivity index (χ3n) is 3.37. The van der Waals surface area contributed by atoms with E-state index in [1.807, 2.05) is 12.5 Å². The number of nitrogens with one attached hydrogen (secondary N) is 1. The van der Waals surface area contributed by atoms with E-state index in [1.165, 1.54) is 16.8 Å². The lowest BCUT2D eigenvalue weighted by molar-refractivity contribution is 0.504. The summed E-state index contributed by atoms with van der Waals surface area (Å²) in [4.78, 5) is 4.23. The Morgan fingerprint density at radius 1 is 1.37 bits per heavy atom. The molecule has 1 unspecified atom stereocenters. The minimum absolute atomic E-state index is 0.328. The standard InChI is InChI=1S/C16H23N3/c1-4-8-18-15(16-11-17-12-19(16)3)10-14-7-5-6-13(2)9-14/h5-7,9,11-12,15,18H,4,8,10H2,1-3H3. The third-order valence-corrected chi connectivity index (χ3v) is 3.37. The summed E-state index contributed by atoms with van der Waals surface area (Å²) in [5, 5.41) is 3.62. The predicted molar refractivity (Wildman–Crippen MR) is 79.1 cm³/mol. The molecule has 3 heteroatoms. The van der Waals surface area contributed by atoms with Crippen LogP contribution in [0.2, 0.25) is 0 Å². The van der Waals surface area contributed by atoms with Crippen LogP contribution in [0.3, 0.4) is 0 Å². The van der Waals surface area contributed by atoms with Crippen molar-refractivity contribution in [3.63, 3.8) is 0 Å². The Kier molecular flexibility index (Phi) is 4.74. The molecule has 0 fully saturated rings. The fourth-order valence-corrected chi connectivity index (χ4v) is 2.38. The Morgan fingerprint density at radius 3 is 2.84 bits per heavy atom. The van der Waals surface area contributed by atoms with Gasteiger partial charge < -0.3 is 9.88 Å². The number of imidazole rings is 1. The first-order chi connectivity index (χ1) is 9.20. The molecule has 1 aromatic heterocycles. The number of aromatic nitrogens is 2. The molecule has 2 rings (SSSR count). The molecule has 1 aromatic carbocycles. The molecule has 2 aromatic rings. The summed E-state index contributed by atoms with van der Waals surface area (Å²) in [7, 11) is 2.05. The number of hydrogen-bond donors (Lipinski definition) is 1. The molecule has 19 heavy (non-hydrogen) atoms. The maximum Gasteiger partial charge on any atom is 0.0946 e. The molecule has 0 aliphatic rings. The lowest BCUT2D eigenvalue weighted by atomic mass is 10.0. The van der Waals surface area contributed by atoms with Crippen molar-refractivity contribution in [1.82, 2.24) is 14.9 Å². The molecule has 0 saturated heterocycles. The summed E-state index contributed by atoms with van der Waals surface area (Å²) in [5.74, 6) is 0. The highest BCUT2D eigenvalue weighted by molar-refractivity contribution is 5.24. The van der Waals surface area contributed by atoms with Crippen molar-refractivity contribution in [2.45, 2.75) is 32.7 Å². The van der Waals surface area contributed by atoms with Gasteiger partial charge in [-0.3, -0.25) is 0 Å². The molecule has 0 aliphatic carbocycles. The molecule has 0 radical (unpaired) electrons. The predicted octanol–water partition coefficient (Wildman–Crippen LogP) is 3.01. The van der Waals surface area contributed by atoms with Crippen molar-refractivity contribution in [2.24, 2.45) is 7.05 Å². The van der Waals surface area contributed by atoms with Gasteiger partial charge in [0.15, 0.2) is 0 Å². The van der Waals surface area contributed by atoms with Gasteiger partial charge in [-0.25, -0.2) is 4.98 Å². The molecule has 1 heterocycles. The van der Waals surface area contributed by atoms with Gasteiger partial charge in [0.25, 0.3) is 0 Å². The van der Waals surface area contributed by atoms with E-state index >= 15 is 0 Å². The average Bonchev–Trinajstić information content (AvgIpc) is 2.81. The zero-order valence-corrected chi connectivity index (χ0v) is 12.1. The smallest absolute Gasteiger partial charge is 0.0946 e. The largest absolute Gasteiger partial charge is 0.336 e. The van der Waals surface area contributed by atoms with Crippen LogP contribution >= 0.6 is 0 Å². The summed E-state index contributed by atoms with van der Waals surface area (Å²) in [6.45, 7) is 5.36. The third kappa shape index (κ3) is 3.67. The van der Waals surface area contributed by atoms with Crippen LogP contribution in [0, 0.1) is 6.92 Å². The second kappa shape index (κ2) is 6.53. The van der Waals surface area contributed by atoms with Crippen LogP contribution in [0.25, 0.3) is 0 Å². The van der Waals surface area contributed by atoms with Crippen molar-refractivity contribution < 1.29 is 0 Å². The zero-order valence-electron chi connectivity index (χ0n) is 12.1. The van der Waals surface area contributed by atoms with E-state index in [9.17, 15) is 0 Å². The van der Waals surface area contributed by atoms with Crippen LogP contribution in [0.15, 0.2) is 36.8 Å². The first-order valence-electron chi connectivity index (χ1n) is 6.96. The summed E-state index contributed by atoms with van der Waals surface area (Å²) in [6.07, 6.45) is 5.97. The monoisotopic (exact) mass is 257 g/mol. The maximum atomic E-state index is 4.23. The molecule has 1 atom stereocenters. The van der Waals surface area contributed by atoms with Gasteiger partial charge >= 0.3 is 0 Å². The van der Waals surface area contributed by atoms with Crippen molar-refractivity contribution in [3.05, 3.63) is 53.6 Å². The van der Waals surface area contributed by atoms with E-state index in [0.717, 1.165) is 19.4 Å². The molecule has 0 saturated carbocycles. The van der Waals surface area contributed by atoms with Crippen molar-refractivity contribution >= 4 is 0 Å². The van der Waals surface area contributed by atoms with Crippen LogP contribution in [0.1, 0.15) is 36.2 Å². The van der Waals surface area contributed by atoms with Gasteiger partial charge in [0.2, 0.25) is 0 Å². The summed E-state index contributed by atoms with van der Waals surface area (Å²) in [5.41, 5.74) is 3.93. The van der Waals surface area contributed by atoms with Crippen LogP contribution in [0.5, 0.6) is 0 Å². The Hall–Kier alpha value is -1.61. The first-order valence-corrected chi connectivity index (χ1v) is 6.96. The Bertz CT molecular complexity index is 516. The SMILES string of the molecule is CCCNC(Cc1cccc(C)c1)c1cncn1C. The molecule has 3 nitrogen and oxygen atoms in total. The second-order valence-corrected chi connectivity index (χ2v) is 5.13. The minimum Gasteiger partial charge on any atom is -0.336 e. The van der Waals surface area contributed by atoms with Gasteiger partial charge in [-0.15, -0.1) is 0 Å². The van der Waals surface area contributed by atoms with Crippen LogP contribution in [-0.4, -0.2) is 16.1 Å². The van der Waals surface area contributed by atoms with Gasteiger partial charge in [-0.1, -0.05) is 36.8 Å². The molecule has 102 valence electrons. The number of nitrogens with zero attached hydrogens (tertiary/aromatic N) is 2. The Balaban J connectivity index is 2.16. The van der Waals surface area contributed by atoms with E-state index in [4.69, 9.17) is 0 Å². The van der Waals surface area contributed by atoms with E-state index in [2.05, 4.69) is 60.0 Å². The van der Waals surface area contributed by atoms with Gasteiger partial charge in [0, 0.05) is 13.2 Å². The Morgan fingerprint density at radius 2 is 2.21 bits per heavy atom. The van der Waals surface area contributed by atoms with E-state index in [0.29, 0.717) is 6.04 Å². The number of rotatable bonds is 6. The van der Waals surface area contributed by atoms with E-state index in [-0.39, 0.29) is 0 Å². The minimum atomic E-state index is 0.328. The average molecular weight is 257 g/mol. The second-order valence-electron chi connectivity index (χ2n) is 5.13. The highest BCUT2D eigenvalue weighted by Crippen LogP contribution is 2.18. The van der Waals surface area contributed by atoms with Gasteiger partial charge in [-0.05, 0) is 31.9 Å². The van der Waals surface area contributed by atoms with Crippen LogP contribution in [0.4, 0.5) is 0 Å². The number of hydrogen-bond acceptors (Lipinski definition) is 2. The fraction of sp³-hybridized carbons (Fsp3) is 0.438. The summed E-state index contributed by atoms with van der Waals surface area (Å²) >= 11 is 0. The number of benzene rings is 1. The highest BCUT2D eigenvalue weighted by Gasteiger charge is 2.14. The first kappa shape index (κ1) is 13.8. The molecule has 0 bridgehead atoms. The lowest BCUT2D eigenvalue weighted by Crippen LogP contribution is -2.25. The highest BCUT2D eigenvalue weighted by atomic mass is 15.1. The van der Waals surface area contributed by atoms with Crippen LogP contribution < -0.4 is 5.32 Å². The lowest BCUT2D eigenvalue weighted by Gasteiger charge is -2.19. The molecule has 1 N–H and O–H groups in total. The van der Waals surface area contributed by atoms with Gasteiger partial charge in [0.1, 0.15) is 0 Å². The van der Waals surface area contributed by atoms with Crippen LogP contribution in [-0.2, 0) is 13.5 Å². The molecular weight excluding hydrogens is 234 g/mol. The topological polar surface area (TPSA) is 29.9 Å².